The van der Waals surface area contributed by atoms with Crippen LogP contribution < -0.4 is 20.1 Å². The molecule has 7 heteroatoms. The molecule has 0 radical (unpaired) electrons. The van der Waals surface area contributed by atoms with Crippen LogP contribution in [0.2, 0.25) is 5.02 Å². The maximum Gasteiger partial charge on any atom is 0.252 e. The summed E-state index contributed by atoms with van der Waals surface area (Å²) in [6.07, 6.45) is 0. The zero-order valence-electron chi connectivity index (χ0n) is 16.6. The molecule has 0 saturated heterocycles. The standard InChI is InChI=1S/C21H25ClN2O4/c1-12(2)19(21(26)23-18-7-6-13(3)8-17(18)22)24-20(25)14-9-15(27-4)11-16(10-14)28-5/h6-12,19H,1-5H3,(H,23,26)(H,24,25). The van der Waals surface area contributed by atoms with Crippen molar-refractivity contribution in [2.24, 2.45) is 5.92 Å². The molecule has 150 valence electrons. The molecule has 2 amide bonds. The number of carbonyl (C=O) groups is 2. The van der Waals surface area contributed by atoms with E-state index in [9.17, 15) is 9.59 Å². The Morgan fingerprint density at radius 3 is 2.11 bits per heavy atom. The number of amides is 2. The highest BCUT2D eigenvalue weighted by Crippen LogP contribution is 2.24. The lowest BCUT2D eigenvalue weighted by molar-refractivity contribution is -0.118. The Kier molecular flexibility index (Phi) is 7.29. The number of carbonyl (C=O) groups excluding carboxylic acids is 2. The van der Waals surface area contributed by atoms with E-state index >= 15 is 0 Å². The molecule has 0 aromatic heterocycles. The molecular formula is C21H25ClN2O4. The lowest BCUT2D eigenvalue weighted by atomic mass is 10.0. The Morgan fingerprint density at radius 2 is 1.61 bits per heavy atom. The van der Waals surface area contributed by atoms with Gasteiger partial charge in [0.2, 0.25) is 5.91 Å². The minimum Gasteiger partial charge on any atom is -0.497 e. The quantitative estimate of drug-likeness (QED) is 0.729. The summed E-state index contributed by atoms with van der Waals surface area (Å²) in [5.41, 5.74) is 1.83. The summed E-state index contributed by atoms with van der Waals surface area (Å²) in [5.74, 6) is 0.0914. The second-order valence-electron chi connectivity index (χ2n) is 6.77. The van der Waals surface area contributed by atoms with Gasteiger partial charge in [-0.2, -0.15) is 0 Å². The molecule has 28 heavy (non-hydrogen) atoms. The van der Waals surface area contributed by atoms with Gasteiger partial charge in [0.25, 0.3) is 5.91 Å². The monoisotopic (exact) mass is 404 g/mol. The first-order valence-electron chi connectivity index (χ1n) is 8.86. The molecule has 0 fully saturated rings. The van der Waals surface area contributed by atoms with E-state index in [-0.39, 0.29) is 11.8 Å². The Hall–Kier alpha value is -2.73. The summed E-state index contributed by atoms with van der Waals surface area (Å²) < 4.78 is 10.4. The van der Waals surface area contributed by atoms with Crippen molar-refractivity contribution in [1.29, 1.82) is 0 Å². The molecule has 2 aromatic carbocycles. The van der Waals surface area contributed by atoms with E-state index in [2.05, 4.69) is 10.6 Å². The first kappa shape index (κ1) is 21.6. The van der Waals surface area contributed by atoms with E-state index in [0.717, 1.165) is 5.56 Å². The van der Waals surface area contributed by atoms with Crippen LogP contribution in [-0.2, 0) is 4.79 Å². The number of hydrogen-bond acceptors (Lipinski definition) is 4. The summed E-state index contributed by atoms with van der Waals surface area (Å²) in [7, 11) is 3.01. The van der Waals surface area contributed by atoms with Crippen LogP contribution in [0.5, 0.6) is 11.5 Å². The number of aryl methyl sites for hydroxylation is 1. The predicted molar refractivity (Wildman–Crippen MR) is 110 cm³/mol. The Morgan fingerprint density at radius 1 is 1.00 bits per heavy atom. The average Bonchev–Trinajstić information content (AvgIpc) is 2.67. The van der Waals surface area contributed by atoms with Crippen LogP contribution in [-0.4, -0.2) is 32.1 Å². The number of benzene rings is 2. The number of anilines is 1. The van der Waals surface area contributed by atoms with E-state index in [1.807, 2.05) is 26.8 Å². The molecule has 2 rings (SSSR count). The fraction of sp³-hybridized carbons (Fsp3) is 0.333. The maximum absolute atomic E-state index is 12.8. The van der Waals surface area contributed by atoms with Crippen LogP contribution in [0.15, 0.2) is 36.4 Å². The van der Waals surface area contributed by atoms with Crippen molar-refractivity contribution in [3.8, 4) is 11.5 Å². The van der Waals surface area contributed by atoms with Gasteiger partial charge in [-0.15, -0.1) is 0 Å². The topological polar surface area (TPSA) is 76.7 Å². The van der Waals surface area contributed by atoms with Crippen LogP contribution in [0, 0.1) is 12.8 Å². The molecule has 0 spiro atoms. The van der Waals surface area contributed by atoms with Crippen molar-refractivity contribution in [3.05, 3.63) is 52.5 Å². The molecule has 2 aromatic rings. The van der Waals surface area contributed by atoms with Crippen molar-refractivity contribution in [1.82, 2.24) is 5.32 Å². The molecule has 1 unspecified atom stereocenters. The fourth-order valence-electron chi connectivity index (χ4n) is 2.63. The minimum atomic E-state index is -0.748. The van der Waals surface area contributed by atoms with Crippen LogP contribution in [0.3, 0.4) is 0 Å². The van der Waals surface area contributed by atoms with Gasteiger partial charge in [-0.3, -0.25) is 9.59 Å². The zero-order chi connectivity index (χ0) is 20.8. The van der Waals surface area contributed by atoms with Crippen molar-refractivity contribution in [3.63, 3.8) is 0 Å². The van der Waals surface area contributed by atoms with Gasteiger partial charge in [-0.25, -0.2) is 0 Å². The van der Waals surface area contributed by atoms with Crippen molar-refractivity contribution in [2.75, 3.05) is 19.5 Å². The normalized spacial score (nSPS) is 11.7. The Balaban J connectivity index is 2.20. The average molecular weight is 405 g/mol. The number of hydrogen-bond donors (Lipinski definition) is 2. The minimum absolute atomic E-state index is 0.138. The third kappa shape index (κ3) is 5.39. The predicted octanol–water partition coefficient (Wildman–Crippen LogP) is 4.06. The molecule has 0 saturated carbocycles. The zero-order valence-corrected chi connectivity index (χ0v) is 17.4. The molecular weight excluding hydrogens is 380 g/mol. The van der Waals surface area contributed by atoms with E-state index in [1.54, 1.807) is 30.3 Å². The molecule has 0 aliphatic heterocycles. The summed E-state index contributed by atoms with van der Waals surface area (Å²) >= 11 is 6.20. The summed E-state index contributed by atoms with van der Waals surface area (Å²) in [5, 5.41) is 6.01. The lowest BCUT2D eigenvalue weighted by Gasteiger charge is -2.22. The Labute approximate surface area is 170 Å². The molecule has 1 atom stereocenters. The van der Waals surface area contributed by atoms with Gasteiger partial charge in [-0.1, -0.05) is 31.5 Å². The molecule has 0 heterocycles. The van der Waals surface area contributed by atoms with Crippen molar-refractivity contribution >= 4 is 29.1 Å². The first-order valence-corrected chi connectivity index (χ1v) is 9.24. The summed E-state index contributed by atoms with van der Waals surface area (Å²) in [6, 6.07) is 9.45. The van der Waals surface area contributed by atoms with Crippen LogP contribution in [0.1, 0.15) is 29.8 Å². The molecule has 2 N–H and O–H groups in total. The number of methoxy groups -OCH3 is 2. The van der Waals surface area contributed by atoms with E-state index in [0.29, 0.717) is 27.8 Å². The van der Waals surface area contributed by atoms with Crippen molar-refractivity contribution < 1.29 is 19.1 Å². The third-order valence-electron chi connectivity index (χ3n) is 4.23. The van der Waals surface area contributed by atoms with Gasteiger partial charge in [0.05, 0.1) is 24.9 Å². The lowest BCUT2D eigenvalue weighted by Crippen LogP contribution is -2.47. The van der Waals surface area contributed by atoms with Gasteiger partial charge < -0.3 is 20.1 Å². The molecule has 0 bridgehead atoms. The fourth-order valence-corrected chi connectivity index (χ4v) is 2.91. The Bertz CT molecular complexity index is 845. The van der Waals surface area contributed by atoms with Crippen molar-refractivity contribution in [2.45, 2.75) is 26.8 Å². The smallest absolute Gasteiger partial charge is 0.252 e. The highest BCUT2D eigenvalue weighted by Gasteiger charge is 2.25. The third-order valence-corrected chi connectivity index (χ3v) is 4.54. The molecule has 6 nitrogen and oxygen atoms in total. The second-order valence-corrected chi connectivity index (χ2v) is 7.18. The van der Waals surface area contributed by atoms with Gasteiger partial charge >= 0.3 is 0 Å². The van der Waals surface area contributed by atoms with Crippen LogP contribution >= 0.6 is 11.6 Å². The van der Waals surface area contributed by atoms with Gasteiger partial charge in [0, 0.05) is 11.6 Å². The summed E-state index contributed by atoms with van der Waals surface area (Å²) in [6.45, 7) is 5.62. The number of ether oxygens (including phenoxy) is 2. The van der Waals surface area contributed by atoms with Gasteiger partial charge in [0.1, 0.15) is 17.5 Å². The van der Waals surface area contributed by atoms with E-state index in [4.69, 9.17) is 21.1 Å². The van der Waals surface area contributed by atoms with Crippen LogP contribution in [0.25, 0.3) is 0 Å². The van der Waals surface area contributed by atoms with E-state index < -0.39 is 11.9 Å². The second kappa shape index (κ2) is 9.46. The highest BCUT2D eigenvalue weighted by molar-refractivity contribution is 6.33. The number of rotatable bonds is 7. The van der Waals surface area contributed by atoms with Crippen LogP contribution in [0.4, 0.5) is 5.69 Å². The van der Waals surface area contributed by atoms with Gasteiger partial charge in [-0.05, 0) is 42.7 Å². The molecule has 0 aliphatic rings. The largest absolute Gasteiger partial charge is 0.497 e. The van der Waals surface area contributed by atoms with E-state index in [1.165, 1.54) is 14.2 Å². The van der Waals surface area contributed by atoms with Gasteiger partial charge in [0.15, 0.2) is 0 Å². The SMILES string of the molecule is COc1cc(OC)cc(C(=O)NC(C(=O)Nc2ccc(C)cc2Cl)C(C)C)c1. The molecule has 0 aliphatic carbocycles. The maximum atomic E-state index is 12.8. The first-order chi connectivity index (χ1) is 13.2. The highest BCUT2D eigenvalue weighted by atomic mass is 35.5. The number of nitrogens with one attached hydrogen (secondary N) is 2. The number of halogens is 1. The summed E-state index contributed by atoms with van der Waals surface area (Å²) in [4.78, 5) is 25.5.